The Balaban J connectivity index is 1.96. The molecule has 2 aromatic rings. The molecular weight excluding hydrogens is 482 g/mol. The van der Waals surface area contributed by atoms with Crippen molar-refractivity contribution in [3.05, 3.63) is 65.7 Å². The molecule has 0 aliphatic heterocycles. The van der Waals surface area contributed by atoms with Gasteiger partial charge in [0, 0.05) is 24.1 Å². The molecule has 202 valence electrons. The van der Waals surface area contributed by atoms with E-state index in [1.54, 1.807) is 39.0 Å². The van der Waals surface area contributed by atoms with Crippen LogP contribution in [0.4, 0.5) is 4.79 Å². The van der Waals surface area contributed by atoms with E-state index in [1.807, 2.05) is 30.3 Å². The van der Waals surface area contributed by atoms with Gasteiger partial charge in [-0.15, -0.1) is 0 Å². The van der Waals surface area contributed by atoms with E-state index in [1.165, 1.54) is 6.07 Å². The normalized spacial score (nSPS) is 15.4. The number of nitrogens with one attached hydrogen (secondary N) is 2. The summed E-state index contributed by atoms with van der Waals surface area (Å²) < 4.78 is 5.39. The molecule has 38 heavy (non-hydrogen) atoms. The average Bonchev–Trinajstić information content (AvgIpc) is 2.87. The van der Waals surface area contributed by atoms with Gasteiger partial charge in [0.05, 0.1) is 0 Å². The summed E-state index contributed by atoms with van der Waals surface area (Å²) in [6, 6.07) is 15.3. The number of rotatable bonds is 8. The van der Waals surface area contributed by atoms with Gasteiger partial charge in [-0.3, -0.25) is 14.5 Å². The van der Waals surface area contributed by atoms with Crippen molar-refractivity contribution in [2.24, 2.45) is 0 Å². The van der Waals surface area contributed by atoms with Gasteiger partial charge in [-0.05, 0) is 45.2 Å². The van der Waals surface area contributed by atoms with Gasteiger partial charge in [-0.1, -0.05) is 74.2 Å². The number of para-hydroxylation sites is 1. The summed E-state index contributed by atoms with van der Waals surface area (Å²) in [7, 11) is 0. The van der Waals surface area contributed by atoms with Gasteiger partial charge < -0.3 is 20.5 Å². The van der Waals surface area contributed by atoms with E-state index in [0.717, 1.165) is 42.6 Å². The number of terminal acetylenes is 1. The third kappa shape index (κ3) is 8.01. The molecule has 8 nitrogen and oxygen atoms in total. The number of amides is 3. The first-order valence-corrected chi connectivity index (χ1v) is 13.0. The zero-order chi connectivity index (χ0) is 27.7. The highest BCUT2D eigenvalue weighted by Crippen LogP contribution is 2.30. The van der Waals surface area contributed by atoms with Crippen molar-refractivity contribution in [1.82, 2.24) is 15.5 Å². The van der Waals surface area contributed by atoms with Crippen LogP contribution in [0.25, 0.3) is 0 Å². The topological polar surface area (TPSA) is 108 Å². The summed E-state index contributed by atoms with van der Waals surface area (Å²) in [4.78, 5) is 41.2. The predicted octanol–water partition coefficient (Wildman–Crippen LogP) is 4.44. The molecule has 1 aliphatic rings. The first-order valence-electron chi connectivity index (χ1n) is 13.0. The largest absolute Gasteiger partial charge is 0.508 e. The van der Waals surface area contributed by atoms with Crippen molar-refractivity contribution in [1.29, 1.82) is 0 Å². The smallest absolute Gasteiger partial charge is 0.408 e. The summed E-state index contributed by atoms with van der Waals surface area (Å²) in [5, 5.41) is 16.3. The fraction of sp³-hybridized carbons (Fsp3) is 0.433. The molecule has 1 aliphatic carbocycles. The molecule has 0 radical (unpaired) electrons. The molecule has 1 fully saturated rings. The zero-order valence-electron chi connectivity index (χ0n) is 22.3. The number of alkyl carbamates (subject to hydrolysis) is 1. The van der Waals surface area contributed by atoms with E-state index < -0.39 is 35.6 Å². The average molecular weight is 520 g/mol. The van der Waals surface area contributed by atoms with Crippen molar-refractivity contribution in [3.63, 3.8) is 0 Å². The van der Waals surface area contributed by atoms with Gasteiger partial charge in [-0.2, -0.15) is 0 Å². The number of phenols is 1. The summed E-state index contributed by atoms with van der Waals surface area (Å²) in [5.41, 5.74) is 0.196. The second-order valence-corrected chi connectivity index (χ2v) is 10.5. The number of phenolic OH excluding ortho intramolecular Hbond substituents is 1. The van der Waals surface area contributed by atoms with Gasteiger partial charge >= 0.3 is 6.09 Å². The van der Waals surface area contributed by atoms with Crippen LogP contribution in [-0.2, 0) is 20.7 Å². The Morgan fingerprint density at radius 2 is 1.68 bits per heavy atom. The van der Waals surface area contributed by atoms with Crippen LogP contribution in [0.1, 0.15) is 70.0 Å². The van der Waals surface area contributed by atoms with Crippen LogP contribution >= 0.6 is 0 Å². The third-order valence-electron chi connectivity index (χ3n) is 6.34. The number of ether oxygens (including phenoxy) is 1. The maximum absolute atomic E-state index is 14.0. The Labute approximate surface area is 224 Å². The maximum Gasteiger partial charge on any atom is 0.408 e. The molecule has 0 aromatic heterocycles. The lowest BCUT2D eigenvalue weighted by Gasteiger charge is -2.32. The van der Waals surface area contributed by atoms with Crippen molar-refractivity contribution >= 4 is 17.9 Å². The second-order valence-electron chi connectivity index (χ2n) is 10.5. The van der Waals surface area contributed by atoms with E-state index in [9.17, 15) is 19.5 Å². The molecule has 8 heteroatoms. The molecule has 2 aromatic carbocycles. The first kappa shape index (κ1) is 28.6. The van der Waals surface area contributed by atoms with Gasteiger partial charge in [-0.25, -0.2) is 4.79 Å². The molecular formula is C30H37N3O5. The Hall–Kier alpha value is -3.99. The monoisotopic (exact) mass is 519 g/mol. The van der Waals surface area contributed by atoms with E-state index in [2.05, 4.69) is 16.7 Å². The summed E-state index contributed by atoms with van der Waals surface area (Å²) in [6.45, 7) is 5.16. The Morgan fingerprint density at radius 3 is 2.29 bits per heavy atom. The minimum atomic E-state index is -1.30. The fourth-order valence-corrected chi connectivity index (χ4v) is 4.58. The molecule has 3 rings (SSSR count). The zero-order valence-corrected chi connectivity index (χ0v) is 22.3. The lowest BCUT2D eigenvalue weighted by atomic mass is 9.94. The van der Waals surface area contributed by atoms with Crippen LogP contribution in [0.5, 0.6) is 5.75 Å². The second kappa shape index (κ2) is 13.0. The third-order valence-corrected chi connectivity index (χ3v) is 6.34. The van der Waals surface area contributed by atoms with Crippen LogP contribution in [0.3, 0.4) is 0 Å². The lowest BCUT2D eigenvalue weighted by molar-refractivity contribution is -0.139. The van der Waals surface area contributed by atoms with Crippen LogP contribution in [-0.4, -0.2) is 45.6 Å². The number of carbonyl (C=O) groups excluding carboxylic acids is 3. The van der Waals surface area contributed by atoms with Crippen molar-refractivity contribution in [2.75, 3.05) is 0 Å². The summed E-state index contributed by atoms with van der Waals surface area (Å²) in [6.07, 6.45) is 9.97. The van der Waals surface area contributed by atoms with E-state index >= 15 is 0 Å². The number of hydrogen-bond acceptors (Lipinski definition) is 5. The number of nitrogens with zero attached hydrogens (tertiary/aromatic N) is 1. The van der Waals surface area contributed by atoms with Gasteiger partial charge in [0.1, 0.15) is 17.4 Å². The Kier molecular flexibility index (Phi) is 9.78. The Bertz CT molecular complexity index is 1150. The number of benzene rings is 2. The maximum atomic E-state index is 14.0. The van der Waals surface area contributed by atoms with Crippen LogP contribution in [0.2, 0.25) is 0 Å². The van der Waals surface area contributed by atoms with Gasteiger partial charge in [0.2, 0.25) is 5.91 Å². The van der Waals surface area contributed by atoms with Crippen molar-refractivity contribution < 1.29 is 24.2 Å². The SMILES string of the molecule is C#CN(C(=O)C(Cc1ccccc1)NC(=O)OC(C)(C)C)C(C(=O)NC1CCCCC1)c1ccccc1O. The highest BCUT2D eigenvalue weighted by Gasteiger charge is 2.38. The summed E-state index contributed by atoms with van der Waals surface area (Å²) in [5.74, 6) is -1.32. The lowest BCUT2D eigenvalue weighted by Crippen LogP contribution is -2.53. The van der Waals surface area contributed by atoms with E-state index in [-0.39, 0.29) is 23.8 Å². The van der Waals surface area contributed by atoms with E-state index in [4.69, 9.17) is 11.2 Å². The van der Waals surface area contributed by atoms with Crippen LogP contribution in [0.15, 0.2) is 54.6 Å². The molecule has 0 bridgehead atoms. The van der Waals surface area contributed by atoms with Crippen LogP contribution < -0.4 is 10.6 Å². The molecule has 3 amide bonds. The van der Waals surface area contributed by atoms with Crippen molar-refractivity contribution in [3.8, 4) is 18.2 Å². The minimum absolute atomic E-state index is 0.0423. The molecule has 1 saturated carbocycles. The highest BCUT2D eigenvalue weighted by atomic mass is 16.6. The van der Waals surface area contributed by atoms with Gasteiger partial charge in [0.15, 0.2) is 6.04 Å². The quantitative estimate of drug-likeness (QED) is 0.353. The number of hydrogen-bond donors (Lipinski definition) is 3. The molecule has 2 unspecified atom stereocenters. The van der Waals surface area contributed by atoms with Crippen molar-refractivity contribution in [2.45, 2.75) is 83.0 Å². The van der Waals surface area contributed by atoms with Crippen LogP contribution in [0, 0.1) is 12.5 Å². The molecule has 3 N–H and O–H groups in total. The molecule has 0 saturated heterocycles. The number of aromatic hydroxyl groups is 1. The standard InChI is InChI=1S/C30H37N3O5/c1-5-33(26(23-18-12-13-19-25(23)34)27(35)31-22-16-10-7-11-17-22)28(36)24(20-21-14-8-6-9-15-21)32-29(37)38-30(2,3)4/h1,6,8-9,12-15,18-19,22,24,26,34H,7,10-11,16-17,20H2,2-4H3,(H,31,35)(H,32,37). The predicted molar refractivity (Wildman–Crippen MR) is 145 cm³/mol. The highest BCUT2D eigenvalue weighted by molar-refractivity contribution is 5.94. The molecule has 0 heterocycles. The Morgan fingerprint density at radius 1 is 1.05 bits per heavy atom. The van der Waals surface area contributed by atoms with Gasteiger partial charge in [0.25, 0.3) is 5.91 Å². The van der Waals surface area contributed by atoms with E-state index in [0.29, 0.717) is 0 Å². The molecule has 2 atom stereocenters. The fourth-order valence-electron chi connectivity index (χ4n) is 4.58. The summed E-state index contributed by atoms with van der Waals surface area (Å²) >= 11 is 0. The molecule has 0 spiro atoms. The number of carbonyl (C=O) groups is 3. The first-order chi connectivity index (χ1) is 18.1. The minimum Gasteiger partial charge on any atom is -0.508 e.